The van der Waals surface area contributed by atoms with E-state index in [4.69, 9.17) is 4.52 Å². The molecule has 1 aliphatic rings. The van der Waals surface area contributed by atoms with Crippen molar-refractivity contribution in [2.45, 2.75) is 24.7 Å². The third-order valence-electron chi connectivity index (χ3n) is 3.72. The summed E-state index contributed by atoms with van der Waals surface area (Å²) in [4.78, 5) is 23.7. The summed E-state index contributed by atoms with van der Waals surface area (Å²) in [7, 11) is -3.86. The van der Waals surface area contributed by atoms with Gasteiger partial charge >= 0.3 is 0 Å². The van der Waals surface area contributed by atoms with Crippen LogP contribution in [0, 0.1) is 12.8 Å². The summed E-state index contributed by atoms with van der Waals surface area (Å²) in [5, 5.41) is 6.00. The van der Waals surface area contributed by atoms with Crippen LogP contribution in [0.4, 0.5) is 5.82 Å². The largest absolute Gasteiger partial charge is 0.360 e. The minimum absolute atomic E-state index is 0.00933. The molecule has 1 aromatic heterocycles. The number of sulfonamides is 1. The number of aromatic nitrogens is 1. The first kappa shape index (κ1) is 17.3. The number of aryl methyl sites for hydroxylation is 1. The van der Waals surface area contributed by atoms with Crippen LogP contribution in [-0.2, 0) is 14.8 Å². The lowest BCUT2D eigenvalue weighted by molar-refractivity contribution is -0.115. The van der Waals surface area contributed by atoms with E-state index in [1.165, 1.54) is 30.3 Å². The predicted molar refractivity (Wildman–Crippen MR) is 88.6 cm³/mol. The molecule has 0 spiro atoms. The molecule has 9 heteroatoms. The Morgan fingerprint density at radius 3 is 2.48 bits per heavy atom. The van der Waals surface area contributed by atoms with Crippen LogP contribution in [0.15, 0.2) is 39.8 Å². The van der Waals surface area contributed by atoms with E-state index in [0.29, 0.717) is 11.3 Å². The molecule has 3 rings (SSSR count). The quantitative estimate of drug-likeness (QED) is 0.720. The van der Waals surface area contributed by atoms with Crippen molar-refractivity contribution in [1.82, 2.24) is 9.88 Å². The summed E-state index contributed by atoms with van der Waals surface area (Å²) in [6, 6.07) is 7.22. The summed E-state index contributed by atoms with van der Waals surface area (Å²) in [6.45, 7) is 1.22. The SMILES string of the molecule is Cc1cc(NC(=O)CNS(=O)(=O)c2ccc(C(=O)C3CC3)cc2)no1. The smallest absolute Gasteiger partial charge is 0.241 e. The van der Waals surface area contributed by atoms with Crippen molar-refractivity contribution >= 4 is 27.5 Å². The first-order chi connectivity index (χ1) is 11.8. The van der Waals surface area contributed by atoms with Crippen molar-refractivity contribution in [3.63, 3.8) is 0 Å². The number of hydrogen-bond donors (Lipinski definition) is 2. The number of nitrogens with one attached hydrogen (secondary N) is 2. The zero-order valence-electron chi connectivity index (χ0n) is 13.5. The number of Topliss-reactive ketones (excluding diaryl/α,β-unsaturated/α-hetero) is 1. The van der Waals surface area contributed by atoms with E-state index in [2.05, 4.69) is 15.2 Å². The fourth-order valence-electron chi connectivity index (χ4n) is 2.24. The van der Waals surface area contributed by atoms with E-state index in [9.17, 15) is 18.0 Å². The van der Waals surface area contributed by atoms with Crippen LogP contribution in [0.3, 0.4) is 0 Å². The van der Waals surface area contributed by atoms with Crippen molar-refractivity contribution < 1.29 is 22.5 Å². The van der Waals surface area contributed by atoms with Gasteiger partial charge in [0.1, 0.15) is 5.76 Å². The van der Waals surface area contributed by atoms with Gasteiger partial charge in [-0.1, -0.05) is 17.3 Å². The highest BCUT2D eigenvalue weighted by molar-refractivity contribution is 7.89. The first-order valence-electron chi connectivity index (χ1n) is 7.72. The third-order valence-corrected chi connectivity index (χ3v) is 5.13. The molecule has 1 aliphatic carbocycles. The van der Waals surface area contributed by atoms with Gasteiger partial charge in [0.05, 0.1) is 11.4 Å². The van der Waals surface area contributed by atoms with Gasteiger partial charge < -0.3 is 9.84 Å². The van der Waals surface area contributed by atoms with Crippen LogP contribution >= 0.6 is 0 Å². The highest BCUT2D eigenvalue weighted by atomic mass is 32.2. The second-order valence-corrected chi connectivity index (χ2v) is 7.63. The minimum Gasteiger partial charge on any atom is -0.360 e. The monoisotopic (exact) mass is 363 g/mol. The zero-order chi connectivity index (χ0) is 18.0. The maximum Gasteiger partial charge on any atom is 0.241 e. The molecule has 8 nitrogen and oxygen atoms in total. The Hall–Kier alpha value is -2.52. The number of ketones is 1. The number of carbonyl (C=O) groups is 2. The summed E-state index contributed by atoms with van der Waals surface area (Å²) >= 11 is 0. The average Bonchev–Trinajstić information content (AvgIpc) is 3.36. The highest BCUT2D eigenvalue weighted by Gasteiger charge is 2.30. The molecule has 0 aliphatic heterocycles. The van der Waals surface area contributed by atoms with Gasteiger partial charge in [0, 0.05) is 17.5 Å². The van der Waals surface area contributed by atoms with Gasteiger partial charge in [0.15, 0.2) is 11.6 Å². The lowest BCUT2D eigenvalue weighted by atomic mass is 10.1. The second kappa shape index (κ2) is 6.77. The first-order valence-corrected chi connectivity index (χ1v) is 9.20. The Balaban J connectivity index is 1.59. The molecule has 2 aromatic rings. The maximum absolute atomic E-state index is 12.2. The molecular weight excluding hydrogens is 346 g/mol. The minimum atomic E-state index is -3.86. The number of amides is 1. The van der Waals surface area contributed by atoms with Crippen LogP contribution in [0.25, 0.3) is 0 Å². The second-order valence-electron chi connectivity index (χ2n) is 5.86. The van der Waals surface area contributed by atoms with Crippen LogP contribution < -0.4 is 10.0 Å². The number of nitrogens with zero attached hydrogens (tertiary/aromatic N) is 1. The van der Waals surface area contributed by atoms with E-state index in [1.54, 1.807) is 6.92 Å². The van der Waals surface area contributed by atoms with Gasteiger partial charge in [0.25, 0.3) is 0 Å². The third kappa shape index (κ3) is 4.31. The van der Waals surface area contributed by atoms with Gasteiger partial charge in [0.2, 0.25) is 15.9 Å². The molecule has 25 heavy (non-hydrogen) atoms. The highest BCUT2D eigenvalue weighted by Crippen LogP contribution is 2.32. The van der Waals surface area contributed by atoms with Crippen LogP contribution in [-0.4, -0.2) is 31.8 Å². The van der Waals surface area contributed by atoms with E-state index in [-0.39, 0.29) is 22.4 Å². The van der Waals surface area contributed by atoms with Crippen LogP contribution in [0.1, 0.15) is 29.0 Å². The van der Waals surface area contributed by atoms with Gasteiger partial charge in [-0.2, -0.15) is 0 Å². The molecule has 2 N–H and O–H groups in total. The van der Waals surface area contributed by atoms with Gasteiger partial charge in [-0.15, -0.1) is 0 Å². The Labute approximate surface area is 144 Å². The Morgan fingerprint density at radius 2 is 1.92 bits per heavy atom. The Kier molecular flexibility index (Phi) is 4.69. The molecule has 1 fully saturated rings. The standard InChI is InChI=1S/C16H17N3O5S/c1-10-8-14(19-24-10)18-15(20)9-17-25(22,23)13-6-4-12(5-7-13)16(21)11-2-3-11/h4-8,11,17H,2-3,9H2,1H3,(H,18,19,20). The lowest BCUT2D eigenvalue weighted by Gasteiger charge is -2.07. The van der Waals surface area contributed by atoms with E-state index >= 15 is 0 Å². The molecule has 0 atom stereocenters. The molecule has 1 heterocycles. The summed E-state index contributed by atoms with van der Waals surface area (Å²) in [5.41, 5.74) is 0.501. The normalized spacial score (nSPS) is 14.3. The topological polar surface area (TPSA) is 118 Å². The number of carbonyl (C=O) groups excluding carboxylic acids is 2. The Morgan fingerprint density at radius 1 is 1.24 bits per heavy atom. The maximum atomic E-state index is 12.2. The van der Waals surface area contributed by atoms with Crippen molar-refractivity contribution in [3.05, 3.63) is 41.7 Å². The summed E-state index contributed by atoms with van der Waals surface area (Å²) < 4.78 is 31.4. The Bertz CT molecular complexity index is 898. The molecule has 0 saturated heterocycles. The molecule has 1 saturated carbocycles. The molecule has 1 amide bonds. The van der Waals surface area contributed by atoms with Crippen molar-refractivity contribution in [3.8, 4) is 0 Å². The number of rotatable bonds is 7. The zero-order valence-corrected chi connectivity index (χ0v) is 14.3. The molecular formula is C16H17N3O5S. The van der Waals surface area contributed by atoms with Gasteiger partial charge in [-0.3, -0.25) is 9.59 Å². The summed E-state index contributed by atoms with van der Waals surface area (Å²) in [5.74, 6) is 0.280. The molecule has 0 unspecified atom stereocenters. The molecule has 1 aromatic carbocycles. The van der Waals surface area contributed by atoms with Gasteiger partial charge in [-0.25, -0.2) is 13.1 Å². The van der Waals surface area contributed by atoms with Crippen molar-refractivity contribution in [2.75, 3.05) is 11.9 Å². The predicted octanol–water partition coefficient (Wildman–Crippen LogP) is 1.49. The number of hydrogen-bond acceptors (Lipinski definition) is 6. The van der Waals surface area contributed by atoms with Crippen molar-refractivity contribution in [1.29, 1.82) is 0 Å². The van der Waals surface area contributed by atoms with Crippen molar-refractivity contribution in [2.24, 2.45) is 5.92 Å². The molecule has 0 bridgehead atoms. The number of anilines is 1. The summed E-state index contributed by atoms with van der Waals surface area (Å²) in [6.07, 6.45) is 1.78. The van der Waals surface area contributed by atoms with Crippen LogP contribution in [0.2, 0.25) is 0 Å². The van der Waals surface area contributed by atoms with Crippen LogP contribution in [0.5, 0.6) is 0 Å². The van der Waals surface area contributed by atoms with Gasteiger partial charge in [-0.05, 0) is 31.9 Å². The fraction of sp³-hybridized carbons (Fsp3) is 0.312. The number of benzene rings is 1. The van der Waals surface area contributed by atoms with E-state index < -0.39 is 22.5 Å². The fourth-order valence-corrected chi connectivity index (χ4v) is 3.22. The molecule has 132 valence electrons. The lowest BCUT2D eigenvalue weighted by Crippen LogP contribution is -2.33. The van der Waals surface area contributed by atoms with E-state index in [1.807, 2.05) is 0 Å². The molecule has 0 radical (unpaired) electrons. The van der Waals surface area contributed by atoms with E-state index in [0.717, 1.165) is 12.8 Å². The average molecular weight is 363 g/mol.